The highest BCUT2D eigenvalue weighted by Gasteiger charge is 2.22. The van der Waals surface area contributed by atoms with Crippen LogP contribution in [-0.4, -0.2) is 76.7 Å². The van der Waals surface area contributed by atoms with E-state index in [0.717, 1.165) is 62.1 Å². The third-order valence-corrected chi connectivity index (χ3v) is 4.74. The molecule has 0 saturated heterocycles. The summed E-state index contributed by atoms with van der Waals surface area (Å²) in [5.41, 5.74) is 0. The van der Waals surface area contributed by atoms with Crippen LogP contribution >= 0.6 is 24.4 Å². The molecule has 0 aliphatic heterocycles. The first-order chi connectivity index (χ1) is 11.4. The molecule has 1 saturated carbocycles. The lowest BCUT2D eigenvalue weighted by molar-refractivity contribution is -0.856. The molecule has 24 heavy (non-hydrogen) atoms. The molecule has 6 N–H and O–H groups in total. The lowest BCUT2D eigenvalue weighted by Crippen LogP contribution is -3.06. The Hall–Kier alpha value is -0.700. The van der Waals surface area contributed by atoms with E-state index in [-0.39, 0.29) is 0 Å². The van der Waals surface area contributed by atoms with Gasteiger partial charge in [-0.25, -0.2) is 0 Å². The summed E-state index contributed by atoms with van der Waals surface area (Å²) in [5.74, 6) is 0. The van der Waals surface area contributed by atoms with Crippen LogP contribution in [0.4, 0.5) is 0 Å². The summed E-state index contributed by atoms with van der Waals surface area (Å²) in [5, 5.41) is 15.0. The van der Waals surface area contributed by atoms with Crippen LogP contribution in [0.3, 0.4) is 0 Å². The fraction of sp³-hybridized carbons (Fsp3) is 0.875. The van der Waals surface area contributed by atoms with Crippen LogP contribution in [0.25, 0.3) is 0 Å². The molecule has 0 atom stereocenters. The highest BCUT2D eigenvalue weighted by Crippen LogP contribution is 2.18. The summed E-state index contributed by atoms with van der Waals surface area (Å²) < 4.78 is 0. The molecule has 6 nitrogen and oxygen atoms in total. The first-order valence-corrected chi connectivity index (χ1v) is 9.85. The van der Waals surface area contributed by atoms with Crippen molar-refractivity contribution in [3.63, 3.8) is 0 Å². The maximum Gasteiger partial charge on any atom is 0.166 e. The Morgan fingerprint density at radius 3 is 1.38 bits per heavy atom. The van der Waals surface area contributed by atoms with Crippen molar-refractivity contribution < 1.29 is 9.80 Å². The summed E-state index contributed by atoms with van der Waals surface area (Å²) in [6.07, 6.45) is 4.51. The predicted octanol–water partition coefficient (Wildman–Crippen LogP) is -2.49. The summed E-state index contributed by atoms with van der Waals surface area (Å²) >= 11 is 10.8. The normalized spacial score (nSPS) is 20.8. The van der Waals surface area contributed by atoms with Crippen molar-refractivity contribution in [2.45, 2.75) is 37.8 Å². The maximum absolute atomic E-state index is 5.38. The topological polar surface area (TPSA) is 57.0 Å². The highest BCUT2D eigenvalue weighted by molar-refractivity contribution is 7.80. The van der Waals surface area contributed by atoms with Crippen molar-refractivity contribution >= 4 is 34.7 Å². The van der Waals surface area contributed by atoms with Crippen LogP contribution in [0.1, 0.15) is 25.7 Å². The Bertz CT molecular complexity index is 345. The SMILES string of the molecule is C[NH+](C)CCNC(=S)NC1CCC(NC(=S)NCC[NH+](C)C)CC1. The minimum atomic E-state index is 0.480. The number of hydrogen-bond acceptors (Lipinski definition) is 2. The number of quaternary nitrogens is 2. The molecule has 0 unspecified atom stereocenters. The molecule has 0 aromatic carbocycles. The van der Waals surface area contributed by atoms with E-state index >= 15 is 0 Å². The molecule has 0 aromatic rings. The summed E-state index contributed by atoms with van der Waals surface area (Å²) in [7, 11) is 8.58. The molecule has 0 spiro atoms. The number of hydrogen-bond donors (Lipinski definition) is 6. The van der Waals surface area contributed by atoms with Gasteiger partial charge in [0.15, 0.2) is 10.2 Å². The van der Waals surface area contributed by atoms with Crippen LogP contribution in [0, 0.1) is 0 Å². The van der Waals surface area contributed by atoms with Gasteiger partial charge in [-0.05, 0) is 50.1 Å². The van der Waals surface area contributed by atoms with E-state index in [0.29, 0.717) is 12.1 Å². The van der Waals surface area contributed by atoms with Gasteiger partial charge in [0, 0.05) is 12.1 Å². The van der Waals surface area contributed by atoms with Gasteiger partial charge in [0.25, 0.3) is 0 Å². The molecule has 1 aliphatic rings. The molecule has 1 fully saturated rings. The van der Waals surface area contributed by atoms with E-state index in [2.05, 4.69) is 49.5 Å². The number of thiocarbonyl (C=S) groups is 2. The molecule has 0 heterocycles. The zero-order chi connectivity index (χ0) is 17.9. The monoisotopic (exact) mass is 376 g/mol. The third-order valence-electron chi connectivity index (χ3n) is 4.22. The highest BCUT2D eigenvalue weighted by atomic mass is 32.1. The second-order valence-corrected chi connectivity index (χ2v) is 8.08. The Kier molecular flexibility index (Phi) is 10.5. The van der Waals surface area contributed by atoms with E-state index in [1.807, 2.05) is 0 Å². The van der Waals surface area contributed by atoms with E-state index < -0.39 is 0 Å². The molecular weight excluding hydrogens is 340 g/mol. The molecule has 140 valence electrons. The van der Waals surface area contributed by atoms with Crippen molar-refractivity contribution in [2.75, 3.05) is 54.4 Å². The van der Waals surface area contributed by atoms with Crippen LogP contribution in [0.15, 0.2) is 0 Å². The molecule has 0 bridgehead atoms. The van der Waals surface area contributed by atoms with Crippen molar-refractivity contribution in [3.8, 4) is 0 Å². The van der Waals surface area contributed by atoms with Crippen molar-refractivity contribution in [2.24, 2.45) is 0 Å². The molecule has 0 radical (unpaired) electrons. The van der Waals surface area contributed by atoms with Gasteiger partial charge in [-0.15, -0.1) is 0 Å². The number of likely N-dealkylation sites (N-methyl/N-ethyl adjacent to an activating group) is 2. The quantitative estimate of drug-likeness (QED) is 0.264. The van der Waals surface area contributed by atoms with Crippen LogP contribution < -0.4 is 31.1 Å². The zero-order valence-electron chi connectivity index (χ0n) is 15.6. The Morgan fingerprint density at radius 1 is 0.750 bits per heavy atom. The average Bonchev–Trinajstić information content (AvgIpc) is 2.48. The number of rotatable bonds is 8. The van der Waals surface area contributed by atoms with Crippen LogP contribution in [-0.2, 0) is 0 Å². The predicted molar refractivity (Wildman–Crippen MR) is 109 cm³/mol. The average molecular weight is 377 g/mol. The van der Waals surface area contributed by atoms with Gasteiger partial charge in [-0.3, -0.25) is 0 Å². The van der Waals surface area contributed by atoms with Crippen molar-refractivity contribution in [1.29, 1.82) is 0 Å². The van der Waals surface area contributed by atoms with E-state index in [4.69, 9.17) is 24.4 Å². The summed E-state index contributed by atoms with van der Waals surface area (Å²) in [4.78, 5) is 2.85. The fourth-order valence-electron chi connectivity index (χ4n) is 2.71. The molecule has 8 heteroatoms. The van der Waals surface area contributed by atoms with Gasteiger partial charge in [0.2, 0.25) is 0 Å². The van der Waals surface area contributed by atoms with Crippen molar-refractivity contribution in [3.05, 3.63) is 0 Å². The summed E-state index contributed by atoms with van der Waals surface area (Å²) in [6.45, 7) is 3.97. The van der Waals surface area contributed by atoms with Crippen LogP contribution in [0.5, 0.6) is 0 Å². The lowest BCUT2D eigenvalue weighted by Gasteiger charge is -2.31. The van der Waals surface area contributed by atoms with E-state index in [9.17, 15) is 0 Å². The van der Waals surface area contributed by atoms with Gasteiger partial charge < -0.3 is 31.1 Å². The standard InChI is InChI=1S/C16H34N6S2/c1-21(2)11-9-17-15(23)19-13-5-7-14(8-6-13)20-16(24)18-10-12-22(3)4/h13-14H,5-12H2,1-4H3,(H2,17,19,23)(H2,18,20,24)/p+2. The second kappa shape index (κ2) is 11.8. The van der Waals surface area contributed by atoms with Gasteiger partial charge in [0.1, 0.15) is 0 Å². The summed E-state index contributed by atoms with van der Waals surface area (Å²) in [6, 6.07) is 0.960. The first-order valence-electron chi connectivity index (χ1n) is 9.03. The zero-order valence-corrected chi connectivity index (χ0v) is 17.3. The van der Waals surface area contributed by atoms with Gasteiger partial charge in [0.05, 0.1) is 54.4 Å². The Morgan fingerprint density at radius 2 is 1.08 bits per heavy atom. The van der Waals surface area contributed by atoms with Crippen molar-refractivity contribution in [1.82, 2.24) is 21.3 Å². The first kappa shape index (κ1) is 21.3. The minimum absolute atomic E-state index is 0.480. The Balaban J connectivity index is 2.12. The molecule has 1 rings (SSSR count). The van der Waals surface area contributed by atoms with E-state index in [1.165, 1.54) is 9.80 Å². The minimum Gasteiger partial charge on any atom is -0.360 e. The van der Waals surface area contributed by atoms with Gasteiger partial charge in [-0.2, -0.15) is 0 Å². The smallest absolute Gasteiger partial charge is 0.166 e. The Labute approximate surface area is 158 Å². The number of nitrogens with one attached hydrogen (secondary N) is 6. The largest absolute Gasteiger partial charge is 0.360 e. The fourth-order valence-corrected chi connectivity index (χ4v) is 3.24. The van der Waals surface area contributed by atoms with Gasteiger partial charge in [-0.1, -0.05) is 0 Å². The molecule has 0 amide bonds. The van der Waals surface area contributed by atoms with Gasteiger partial charge >= 0.3 is 0 Å². The second-order valence-electron chi connectivity index (χ2n) is 7.26. The lowest BCUT2D eigenvalue weighted by atomic mass is 9.91. The maximum atomic E-state index is 5.38. The molecular formula is C16H36N6S2+2. The third kappa shape index (κ3) is 10.2. The molecule has 1 aliphatic carbocycles. The van der Waals surface area contributed by atoms with Crippen LogP contribution in [0.2, 0.25) is 0 Å². The van der Waals surface area contributed by atoms with E-state index in [1.54, 1.807) is 0 Å². The molecule has 0 aromatic heterocycles.